The van der Waals surface area contributed by atoms with Crippen LogP contribution in [0, 0.1) is 0 Å². The van der Waals surface area contributed by atoms with Gasteiger partial charge >= 0.3 is 5.97 Å². The molecule has 1 saturated heterocycles. The molecule has 0 radical (unpaired) electrons. The van der Waals surface area contributed by atoms with E-state index in [2.05, 4.69) is 9.97 Å². The zero-order chi connectivity index (χ0) is 16.2. The topological polar surface area (TPSA) is 86.6 Å². The summed E-state index contributed by atoms with van der Waals surface area (Å²) in [5.41, 5.74) is 0.460. The molecule has 2 aromatic heterocycles. The van der Waals surface area contributed by atoms with Gasteiger partial charge in [0.15, 0.2) is 5.69 Å². The van der Waals surface area contributed by atoms with Gasteiger partial charge in [0.05, 0.1) is 0 Å². The first-order valence-electron chi connectivity index (χ1n) is 7.31. The normalized spacial score (nSPS) is 14.6. The predicted octanol–water partition coefficient (Wildman–Crippen LogP) is 1.14. The van der Waals surface area contributed by atoms with Gasteiger partial charge in [-0.25, -0.2) is 9.78 Å². The van der Waals surface area contributed by atoms with Crippen molar-refractivity contribution in [1.82, 2.24) is 14.9 Å². The molecule has 0 saturated carbocycles. The van der Waals surface area contributed by atoms with E-state index in [-0.39, 0.29) is 11.6 Å². The minimum Gasteiger partial charge on any atom is -0.477 e. The van der Waals surface area contributed by atoms with Crippen molar-refractivity contribution in [2.45, 2.75) is 0 Å². The summed E-state index contributed by atoms with van der Waals surface area (Å²) in [5, 5.41) is 9.01. The Kier molecular flexibility index (Phi) is 4.18. The number of carbonyl (C=O) groups is 2. The summed E-state index contributed by atoms with van der Waals surface area (Å²) >= 11 is 0. The summed E-state index contributed by atoms with van der Waals surface area (Å²) in [7, 11) is 0. The fourth-order valence-corrected chi connectivity index (χ4v) is 2.51. The maximum Gasteiger partial charge on any atom is 0.354 e. The number of piperazine rings is 1. The van der Waals surface area contributed by atoms with E-state index in [0.717, 1.165) is 0 Å². The molecule has 1 N–H and O–H groups in total. The number of nitrogens with zero attached hydrogens (tertiary/aromatic N) is 4. The molecular weight excluding hydrogens is 296 g/mol. The highest BCUT2D eigenvalue weighted by molar-refractivity contribution is 5.92. The van der Waals surface area contributed by atoms with Gasteiger partial charge in [0, 0.05) is 32.4 Å². The van der Waals surface area contributed by atoms with Crippen LogP contribution in [0.2, 0.25) is 0 Å². The molecule has 3 rings (SSSR count). The summed E-state index contributed by atoms with van der Waals surface area (Å²) in [6.07, 6.45) is 1.60. The Morgan fingerprint density at radius 1 is 0.957 bits per heavy atom. The van der Waals surface area contributed by atoms with Crippen molar-refractivity contribution in [3.8, 4) is 0 Å². The van der Waals surface area contributed by atoms with Gasteiger partial charge in [0.2, 0.25) is 0 Å². The third-order valence-electron chi connectivity index (χ3n) is 3.73. The van der Waals surface area contributed by atoms with Crippen LogP contribution < -0.4 is 4.90 Å². The van der Waals surface area contributed by atoms with Gasteiger partial charge in [0.1, 0.15) is 11.5 Å². The molecule has 0 spiro atoms. The Bertz CT molecular complexity index is 712. The number of anilines is 1. The van der Waals surface area contributed by atoms with Crippen molar-refractivity contribution in [2.75, 3.05) is 31.1 Å². The molecule has 1 fully saturated rings. The van der Waals surface area contributed by atoms with Crippen LogP contribution in [-0.4, -0.2) is 58.0 Å². The molecule has 7 heteroatoms. The maximum atomic E-state index is 12.3. The summed E-state index contributed by atoms with van der Waals surface area (Å²) < 4.78 is 0. The molecule has 0 bridgehead atoms. The average Bonchev–Trinajstić information content (AvgIpc) is 2.62. The summed E-state index contributed by atoms with van der Waals surface area (Å²) in [6, 6.07) is 10.2. The highest BCUT2D eigenvalue weighted by atomic mass is 16.4. The van der Waals surface area contributed by atoms with Gasteiger partial charge in [-0.3, -0.25) is 9.78 Å². The number of carboxylic acids is 1. The van der Waals surface area contributed by atoms with E-state index >= 15 is 0 Å². The molecule has 1 aliphatic rings. The number of rotatable bonds is 3. The quantitative estimate of drug-likeness (QED) is 0.914. The Morgan fingerprint density at radius 2 is 1.70 bits per heavy atom. The van der Waals surface area contributed by atoms with Crippen LogP contribution in [0.3, 0.4) is 0 Å². The number of carbonyl (C=O) groups excluding carboxylic acids is 1. The average molecular weight is 312 g/mol. The van der Waals surface area contributed by atoms with Crippen LogP contribution in [0.15, 0.2) is 42.6 Å². The van der Waals surface area contributed by atoms with Gasteiger partial charge < -0.3 is 14.9 Å². The molecule has 7 nitrogen and oxygen atoms in total. The van der Waals surface area contributed by atoms with Crippen LogP contribution in [0.25, 0.3) is 0 Å². The second kappa shape index (κ2) is 6.43. The van der Waals surface area contributed by atoms with Crippen molar-refractivity contribution in [1.29, 1.82) is 0 Å². The molecule has 118 valence electrons. The zero-order valence-electron chi connectivity index (χ0n) is 12.4. The second-order valence-corrected chi connectivity index (χ2v) is 5.18. The van der Waals surface area contributed by atoms with Gasteiger partial charge in [0.25, 0.3) is 5.91 Å². The van der Waals surface area contributed by atoms with E-state index < -0.39 is 5.97 Å². The highest BCUT2D eigenvalue weighted by Gasteiger charge is 2.23. The molecule has 1 amide bonds. The predicted molar refractivity (Wildman–Crippen MR) is 83.5 cm³/mol. The monoisotopic (exact) mass is 312 g/mol. The van der Waals surface area contributed by atoms with Crippen LogP contribution in [0.5, 0.6) is 0 Å². The maximum absolute atomic E-state index is 12.3. The minimum absolute atomic E-state index is 0.0227. The lowest BCUT2D eigenvalue weighted by atomic mass is 10.2. The third-order valence-corrected chi connectivity index (χ3v) is 3.73. The Morgan fingerprint density at radius 3 is 2.35 bits per heavy atom. The Hall–Kier alpha value is -2.96. The number of aromatic carboxylic acids is 1. The largest absolute Gasteiger partial charge is 0.477 e. The number of hydrogen-bond donors (Lipinski definition) is 1. The van der Waals surface area contributed by atoms with Crippen LogP contribution >= 0.6 is 0 Å². The lowest BCUT2D eigenvalue weighted by Crippen LogP contribution is -2.49. The molecule has 2 aromatic rings. The lowest BCUT2D eigenvalue weighted by Gasteiger charge is -2.35. The van der Waals surface area contributed by atoms with Crippen LogP contribution in [0.1, 0.15) is 21.0 Å². The van der Waals surface area contributed by atoms with Crippen LogP contribution in [0.4, 0.5) is 5.82 Å². The number of amides is 1. The first kappa shape index (κ1) is 15.0. The summed E-state index contributed by atoms with van der Waals surface area (Å²) in [4.78, 5) is 35.3. The Labute approximate surface area is 133 Å². The van der Waals surface area contributed by atoms with E-state index in [0.29, 0.717) is 37.7 Å². The Balaban J connectivity index is 1.66. The SMILES string of the molecule is O=C(O)c1cccc(N2CCN(C(=O)c3ccccn3)CC2)n1. The van der Waals surface area contributed by atoms with E-state index in [1.54, 1.807) is 41.4 Å². The molecule has 0 aromatic carbocycles. The van der Waals surface area contributed by atoms with Crippen molar-refractivity contribution in [3.63, 3.8) is 0 Å². The van der Waals surface area contributed by atoms with Gasteiger partial charge in [-0.05, 0) is 24.3 Å². The van der Waals surface area contributed by atoms with Crippen molar-refractivity contribution >= 4 is 17.7 Å². The molecule has 0 aliphatic carbocycles. The van der Waals surface area contributed by atoms with Gasteiger partial charge in [-0.15, -0.1) is 0 Å². The second-order valence-electron chi connectivity index (χ2n) is 5.18. The van der Waals surface area contributed by atoms with Gasteiger partial charge in [-0.2, -0.15) is 0 Å². The lowest BCUT2D eigenvalue weighted by molar-refractivity contribution is 0.0690. The van der Waals surface area contributed by atoms with Crippen molar-refractivity contribution < 1.29 is 14.7 Å². The first-order chi connectivity index (χ1) is 11.1. The minimum atomic E-state index is -1.05. The van der Waals surface area contributed by atoms with E-state index in [4.69, 9.17) is 5.11 Å². The van der Waals surface area contributed by atoms with Crippen molar-refractivity contribution in [2.24, 2.45) is 0 Å². The first-order valence-corrected chi connectivity index (χ1v) is 7.31. The summed E-state index contributed by atoms with van der Waals surface area (Å²) in [5.74, 6) is -0.511. The molecule has 23 heavy (non-hydrogen) atoms. The number of hydrogen-bond acceptors (Lipinski definition) is 5. The smallest absolute Gasteiger partial charge is 0.354 e. The zero-order valence-corrected chi connectivity index (χ0v) is 12.4. The molecule has 0 atom stereocenters. The number of aromatic nitrogens is 2. The van der Waals surface area contributed by atoms with Crippen LogP contribution in [-0.2, 0) is 0 Å². The van der Waals surface area contributed by atoms with Gasteiger partial charge in [-0.1, -0.05) is 12.1 Å². The van der Waals surface area contributed by atoms with E-state index in [1.807, 2.05) is 4.90 Å². The third kappa shape index (κ3) is 3.28. The number of pyridine rings is 2. The number of carboxylic acid groups (broad SMARTS) is 1. The summed E-state index contributed by atoms with van der Waals surface area (Å²) in [6.45, 7) is 2.31. The van der Waals surface area contributed by atoms with E-state index in [9.17, 15) is 9.59 Å². The van der Waals surface area contributed by atoms with Crippen molar-refractivity contribution in [3.05, 3.63) is 54.0 Å². The highest BCUT2D eigenvalue weighted by Crippen LogP contribution is 2.15. The molecule has 3 heterocycles. The van der Waals surface area contributed by atoms with E-state index in [1.165, 1.54) is 6.07 Å². The molecule has 1 aliphatic heterocycles. The molecular formula is C16H16N4O3. The standard InChI is InChI=1S/C16H16N4O3/c21-15(12-4-1-2-7-17-12)20-10-8-19(9-11-20)14-6-3-5-13(18-14)16(22)23/h1-7H,8-11H2,(H,22,23). The molecule has 0 unspecified atom stereocenters. The fourth-order valence-electron chi connectivity index (χ4n) is 2.51. The fraction of sp³-hybridized carbons (Fsp3) is 0.250.